The Morgan fingerprint density at radius 2 is 1.79 bits per heavy atom. The van der Waals surface area contributed by atoms with Crippen molar-refractivity contribution in [2.45, 2.75) is 21.7 Å². The van der Waals surface area contributed by atoms with Crippen molar-refractivity contribution in [1.29, 1.82) is 0 Å². The summed E-state index contributed by atoms with van der Waals surface area (Å²) in [4.78, 5) is 0. The Hall–Kier alpha value is 0.0800. The Balaban J connectivity index is 1.89. The maximum Gasteiger partial charge on any atom is 0.139 e. The third kappa shape index (κ3) is 4.54. The number of alkyl halides is 4. The van der Waals surface area contributed by atoms with Crippen LogP contribution in [0.5, 0.6) is 0 Å². The van der Waals surface area contributed by atoms with Gasteiger partial charge >= 0.3 is 0 Å². The molecule has 0 fully saturated rings. The topological polar surface area (TPSA) is 9.23 Å². The smallest absolute Gasteiger partial charge is 0.139 e. The zero-order valence-electron chi connectivity index (χ0n) is 10.2. The minimum absolute atomic E-state index is 0.120. The van der Waals surface area contributed by atoms with Gasteiger partial charge in [0.15, 0.2) is 0 Å². The minimum Gasteiger partial charge on any atom is -0.376 e. The Morgan fingerprint density at radius 1 is 1.11 bits per heavy atom. The van der Waals surface area contributed by atoms with E-state index in [0.29, 0.717) is 13.2 Å². The highest BCUT2D eigenvalue weighted by Gasteiger charge is 2.43. The van der Waals surface area contributed by atoms with Crippen molar-refractivity contribution in [2.75, 3.05) is 6.61 Å². The molecule has 1 aromatic rings. The fraction of sp³-hybridized carbons (Fsp3) is 0.429. The van der Waals surface area contributed by atoms with Crippen molar-refractivity contribution in [3.05, 3.63) is 48.0 Å². The molecule has 0 N–H and O–H groups in total. The van der Waals surface area contributed by atoms with Gasteiger partial charge in [0, 0.05) is 12.3 Å². The van der Waals surface area contributed by atoms with E-state index < -0.39 is 8.67 Å². The highest BCUT2D eigenvalue weighted by Crippen LogP contribution is 2.47. The third-order valence-electron chi connectivity index (χ3n) is 3.00. The summed E-state index contributed by atoms with van der Waals surface area (Å²) in [6.45, 7) is 0.962. The predicted octanol–water partition coefficient (Wildman–Crippen LogP) is 5.13. The summed E-state index contributed by atoms with van der Waals surface area (Å²) in [6, 6.07) is 9.93. The van der Waals surface area contributed by atoms with E-state index in [-0.39, 0.29) is 12.3 Å². The molecule has 0 bridgehead atoms. The van der Waals surface area contributed by atoms with Crippen molar-refractivity contribution in [3.63, 3.8) is 0 Å². The number of benzene rings is 1. The molecule has 19 heavy (non-hydrogen) atoms. The molecule has 0 saturated heterocycles. The highest BCUT2D eigenvalue weighted by atomic mass is 35.5. The summed E-state index contributed by atoms with van der Waals surface area (Å²) in [7, 11) is 0. The van der Waals surface area contributed by atoms with E-state index in [1.165, 1.54) is 0 Å². The molecule has 0 unspecified atom stereocenters. The molecule has 5 heteroatoms. The van der Waals surface area contributed by atoms with Gasteiger partial charge in [-0.15, -0.1) is 23.2 Å². The van der Waals surface area contributed by atoms with Gasteiger partial charge in [-0.1, -0.05) is 65.7 Å². The number of allylic oxidation sites excluding steroid dienone is 1. The molecule has 0 heterocycles. The lowest BCUT2D eigenvalue weighted by Crippen LogP contribution is -2.37. The quantitative estimate of drug-likeness (QED) is 0.546. The molecule has 2 rings (SSSR count). The summed E-state index contributed by atoms with van der Waals surface area (Å²) in [6.07, 6.45) is 3.83. The van der Waals surface area contributed by atoms with Crippen LogP contribution < -0.4 is 0 Å². The molecule has 1 aliphatic carbocycles. The second-order valence-corrected chi connectivity index (χ2v) is 7.75. The largest absolute Gasteiger partial charge is 0.376 e. The lowest BCUT2D eigenvalue weighted by Gasteiger charge is -2.35. The van der Waals surface area contributed by atoms with Gasteiger partial charge < -0.3 is 4.74 Å². The van der Waals surface area contributed by atoms with Crippen LogP contribution in [0.15, 0.2) is 42.5 Å². The fourth-order valence-corrected chi connectivity index (χ4v) is 3.49. The lowest BCUT2D eigenvalue weighted by molar-refractivity contribution is 0.0928. The molecule has 1 aromatic carbocycles. The van der Waals surface area contributed by atoms with Crippen molar-refractivity contribution >= 4 is 46.4 Å². The van der Waals surface area contributed by atoms with Crippen molar-refractivity contribution in [1.82, 2.24) is 0 Å². The maximum atomic E-state index is 6.27. The standard InChI is InChI=1S/C14H14Cl4O/c15-13(16)7-6-12(14(17,18)10-13)9-19-8-11-4-2-1-3-5-11/h1-7,12H,8-10H2/t12-/m0/s1. The number of hydrogen-bond donors (Lipinski definition) is 0. The number of halogens is 4. The van der Waals surface area contributed by atoms with E-state index in [9.17, 15) is 0 Å². The molecule has 0 aliphatic heterocycles. The highest BCUT2D eigenvalue weighted by molar-refractivity contribution is 6.54. The van der Waals surface area contributed by atoms with Gasteiger partial charge in [0.05, 0.1) is 13.2 Å². The van der Waals surface area contributed by atoms with Crippen LogP contribution >= 0.6 is 46.4 Å². The normalized spacial score (nSPS) is 24.3. The van der Waals surface area contributed by atoms with E-state index in [0.717, 1.165) is 5.56 Å². The van der Waals surface area contributed by atoms with Gasteiger partial charge in [-0.2, -0.15) is 0 Å². The van der Waals surface area contributed by atoms with Crippen LogP contribution in [0, 0.1) is 5.92 Å². The lowest BCUT2D eigenvalue weighted by atomic mass is 9.94. The Kier molecular flexibility index (Phi) is 5.08. The number of ether oxygens (including phenoxy) is 1. The van der Waals surface area contributed by atoms with Gasteiger partial charge in [0.1, 0.15) is 8.67 Å². The van der Waals surface area contributed by atoms with E-state index >= 15 is 0 Å². The van der Waals surface area contributed by atoms with E-state index in [1.807, 2.05) is 36.4 Å². The molecule has 0 aromatic heterocycles. The molecule has 1 atom stereocenters. The summed E-state index contributed by atoms with van der Waals surface area (Å²) in [5, 5.41) is 0. The minimum atomic E-state index is -1.01. The third-order valence-corrected chi connectivity index (χ3v) is 4.34. The molecular formula is C14H14Cl4O. The molecule has 0 amide bonds. The van der Waals surface area contributed by atoms with Gasteiger partial charge in [-0.25, -0.2) is 0 Å². The van der Waals surface area contributed by atoms with Crippen LogP contribution in [0.25, 0.3) is 0 Å². The molecular weight excluding hydrogens is 326 g/mol. The van der Waals surface area contributed by atoms with Crippen molar-refractivity contribution in [3.8, 4) is 0 Å². The van der Waals surface area contributed by atoms with Crippen LogP contribution in [0.3, 0.4) is 0 Å². The molecule has 1 nitrogen and oxygen atoms in total. The average molecular weight is 340 g/mol. The SMILES string of the molecule is ClC1(Cl)C=C[C@@H](COCc2ccccc2)C(Cl)(Cl)C1. The maximum absolute atomic E-state index is 6.27. The van der Waals surface area contributed by atoms with Crippen LogP contribution in [-0.2, 0) is 11.3 Å². The monoisotopic (exact) mass is 338 g/mol. The zero-order chi connectivity index (χ0) is 13.9. The van der Waals surface area contributed by atoms with Gasteiger partial charge in [-0.3, -0.25) is 0 Å². The molecule has 104 valence electrons. The molecule has 0 spiro atoms. The van der Waals surface area contributed by atoms with Crippen LogP contribution in [0.2, 0.25) is 0 Å². The number of rotatable bonds is 4. The summed E-state index contributed by atoms with van der Waals surface area (Å²) < 4.78 is 3.65. The zero-order valence-corrected chi connectivity index (χ0v) is 13.2. The number of hydrogen-bond acceptors (Lipinski definition) is 1. The van der Waals surface area contributed by atoms with Gasteiger partial charge in [0.2, 0.25) is 0 Å². The summed E-state index contributed by atoms with van der Waals surface area (Å²) in [5.41, 5.74) is 1.11. The first-order chi connectivity index (χ1) is 8.89. The van der Waals surface area contributed by atoms with Gasteiger partial charge in [0.25, 0.3) is 0 Å². The molecule has 0 radical (unpaired) electrons. The Bertz CT molecular complexity index is 442. The van der Waals surface area contributed by atoms with Crippen LogP contribution in [0.4, 0.5) is 0 Å². The summed E-state index contributed by atoms with van der Waals surface area (Å²) >= 11 is 24.6. The second kappa shape index (κ2) is 6.24. The van der Waals surface area contributed by atoms with Crippen LogP contribution in [0.1, 0.15) is 12.0 Å². The van der Waals surface area contributed by atoms with E-state index in [1.54, 1.807) is 6.08 Å². The molecule has 0 saturated carbocycles. The predicted molar refractivity (Wildman–Crippen MR) is 82.2 cm³/mol. The van der Waals surface area contributed by atoms with Crippen molar-refractivity contribution in [2.24, 2.45) is 5.92 Å². The fourth-order valence-electron chi connectivity index (χ4n) is 1.96. The van der Waals surface area contributed by atoms with Crippen LogP contribution in [-0.4, -0.2) is 15.3 Å². The first kappa shape index (κ1) is 15.5. The van der Waals surface area contributed by atoms with E-state index in [4.69, 9.17) is 51.1 Å². The average Bonchev–Trinajstić information content (AvgIpc) is 2.32. The Morgan fingerprint density at radius 3 is 2.42 bits per heavy atom. The van der Waals surface area contributed by atoms with E-state index in [2.05, 4.69) is 0 Å². The van der Waals surface area contributed by atoms with Gasteiger partial charge in [-0.05, 0) is 5.56 Å². The summed E-state index contributed by atoms with van der Waals surface area (Å²) in [5.74, 6) is -0.120. The second-order valence-electron chi connectivity index (χ2n) is 4.67. The van der Waals surface area contributed by atoms with Crippen molar-refractivity contribution < 1.29 is 4.74 Å². The first-order valence-electron chi connectivity index (χ1n) is 5.96. The first-order valence-corrected chi connectivity index (χ1v) is 7.47. The molecule has 1 aliphatic rings. The Labute approximate surface area is 133 Å².